The van der Waals surface area contributed by atoms with Crippen LogP contribution in [0.1, 0.15) is 0 Å². The maximum absolute atomic E-state index is 8.42. The maximum Gasteiger partial charge on any atom is 2.00 e. The molecule has 0 aromatic heterocycles. The quantitative estimate of drug-likeness (QED) is 0.330. The van der Waals surface area contributed by atoms with E-state index in [1.54, 1.807) is 0 Å². The Morgan fingerprint density at radius 1 is 1.00 bits per heavy atom. The van der Waals surface area contributed by atoms with Gasteiger partial charge in [0, 0.05) is 0 Å². The number of hydrogen-bond acceptors (Lipinski definition) is 3. The zero-order chi connectivity index (χ0) is 3.58. The Morgan fingerprint density at radius 3 is 1.00 bits per heavy atom. The number of hydrogen-bond donors (Lipinski definition) is 0. The molecule has 6 heavy (non-hydrogen) atoms. The van der Waals surface area contributed by atoms with Gasteiger partial charge >= 0.3 is 55.6 Å². The van der Waals surface area contributed by atoms with E-state index in [1.165, 1.54) is 0 Å². The largest absolute Gasteiger partial charge is 2.00 e. The topological polar surface area (TPSA) is 69.2 Å². The molecule has 0 heterocycles. The average molecular weight is 155 g/mol. The molecule has 0 spiro atoms. The second-order valence-electron chi connectivity index (χ2n) is 0.289. The summed E-state index contributed by atoms with van der Waals surface area (Å²) in [6.45, 7) is 0. The van der Waals surface area contributed by atoms with Crippen LogP contribution < -0.4 is 15.1 Å². The summed E-state index contributed by atoms with van der Waals surface area (Å²) in [5.41, 5.74) is 0. The van der Waals surface area contributed by atoms with Gasteiger partial charge in [-0.15, -0.1) is 0 Å². The maximum atomic E-state index is 8.42. The van der Waals surface area contributed by atoms with E-state index in [0.717, 1.165) is 0 Å². The Kier molecular flexibility index (Phi) is 25.5. The van der Waals surface area contributed by atoms with Crippen LogP contribution in [-0.4, -0.2) is 62.9 Å². The standard InChI is InChI=1S/BO3.Be.Sr/c2-1(3)4;;/q-3;2*+2. The van der Waals surface area contributed by atoms with E-state index >= 15 is 0 Å². The van der Waals surface area contributed by atoms with Gasteiger partial charge in [-0.2, -0.15) is 0 Å². The van der Waals surface area contributed by atoms with Gasteiger partial charge in [0.15, 0.2) is 0 Å². The Bertz CT molecular complexity index is 15.5. The van der Waals surface area contributed by atoms with Crippen molar-refractivity contribution in [2.45, 2.75) is 0 Å². The summed E-state index contributed by atoms with van der Waals surface area (Å²) in [4.78, 5) is 0. The Morgan fingerprint density at radius 2 is 1.00 bits per heavy atom. The number of rotatable bonds is 0. The molecular formula is BBeO3Sr+. The zero-order valence-electron chi connectivity index (χ0n) is 3.22. The summed E-state index contributed by atoms with van der Waals surface area (Å²) >= 11 is 0. The van der Waals surface area contributed by atoms with Gasteiger partial charge < -0.3 is 15.1 Å². The minimum atomic E-state index is -2.92. The predicted octanol–water partition coefficient (Wildman–Crippen LogP) is -4.71. The molecule has 3 nitrogen and oxygen atoms in total. The monoisotopic (exact) mass is 156 g/mol. The Hall–Kier alpha value is 1.59. The van der Waals surface area contributed by atoms with Crippen LogP contribution in [0.25, 0.3) is 0 Å². The first-order chi connectivity index (χ1) is 1.73. The molecule has 0 aliphatic heterocycles. The van der Waals surface area contributed by atoms with Crippen molar-refractivity contribution in [3.8, 4) is 0 Å². The molecule has 0 aromatic rings. The molecule has 0 unspecified atom stereocenters. The SMILES string of the molecule is [Be+2].[O-]B([O-])[O-].[Sr+2]. The van der Waals surface area contributed by atoms with Crippen molar-refractivity contribution in [1.82, 2.24) is 0 Å². The van der Waals surface area contributed by atoms with Crippen LogP contribution in [0.2, 0.25) is 0 Å². The fourth-order valence-corrected chi connectivity index (χ4v) is 0. The van der Waals surface area contributed by atoms with Crippen molar-refractivity contribution in [3.05, 3.63) is 0 Å². The summed E-state index contributed by atoms with van der Waals surface area (Å²) in [7, 11) is -2.92. The molecule has 0 saturated heterocycles. The predicted molar refractivity (Wildman–Crippen MR) is 17.3 cm³/mol. The third kappa shape index (κ3) is 46.5. The molecule has 0 rings (SSSR count). The van der Waals surface area contributed by atoms with Gasteiger partial charge in [-0.05, 0) is 0 Å². The molecule has 0 fully saturated rings. The summed E-state index contributed by atoms with van der Waals surface area (Å²) in [6.07, 6.45) is 0. The van der Waals surface area contributed by atoms with Gasteiger partial charge in [0.2, 0.25) is 0 Å². The fourth-order valence-electron chi connectivity index (χ4n) is 0. The third-order valence-corrected chi connectivity index (χ3v) is 0. The van der Waals surface area contributed by atoms with E-state index in [9.17, 15) is 0 Å². The van der Waals surface area contributed by atoms with Crippen molar-refractivity contribution in [3.63, 3.8) is 0 Å². The molecule has 0 aromatic carbocycles. The summed E-state index contributed by atoms with van der Waals surface area (Å²) in [6, 6.07) is 0. The minimum absolute atomic E-state index is 0. The van der Waals surface area contributed by atoms with Crippen LogP contribution >= 0.6 is 0 Å². The van der Waals surface area contributed by atoms with Gasteiger partial charge in [0.1, 0.15) is 0 Å². The van der Waals surface area contributed by atoms with Crippen molar-refractivity contribution < 1.29 is 15.1 Å². The molecule has 0 aliphatic carbocycles. The molecule has 0 saturated carbocycles. The van der Waals surface area contributed by atoms with E-state index in [-0.39, 0.29) is 55.6 Å². The smallest absolute Gasteiger partial charge is 0.907 e. The van der Waals surface area contributed by atoms with Crippen molar-refractivity contribution in [2.24, 2.45) is 0 Å². The van der Waals surface area contributed by atoms with Crippen LogP contribution in [0.15, 0.2) is 0 Å². The third-order valence-electron chi connectivity index (χ3n) is 0. The first-order valence-electron chi connectivity index (χ1n) is 0.707. The van der Waals surface area contributed by atoms with Gasteiger partial charge in [-0.1, -0.05) is 0 Å². The van der Waals surface area contributed by atoms with Crippen LogP contribution in [0.3, 0.4) is 0 Å². The van der Waals surface area contributed by atoms with Crippen molar-refractivity contribution in [2.75, 3.05) is 0 Å². The molecule has 0 bridgehead atoms. The summed E-state index contributed by atoms with van der Waals surface area (Å²) in [5.74, 6) is 0. The molecular weight excluding hydrogens is 155 g/mol. The average Bonchev–Trinajstić information content (AvgIpc) is 0.811. The van der Waals surface area contributed by atoms with Gasteiger partial charge in [0.05, 0.1) is 0 Å². The van der Waals surface area contributed by atoms with Crippen LogP contribution in [0.4, 0.5) is 0 Å². The minimum Gasteiger partial charge on any atom is -0.907 e. The Balaban J connectivity index is -0.0000000450. The van der Waals surface area contributed by atoms with E-state index in [1.807, 2.05) is 0 Å². The second kappa shape index (κ2) is 9.78. The molecule has 0 N–H and O–H groups in total. The first kappa shape index (κ1) is 15.6. The summed E-state index contributed by atoms with van der Waals surface area (Å²) < 4.78 is 0. The van der Waals surface area contributed by atoms with Crippen LogP contribution in [0, 0.1) is 0 Å². The van der Waals surface area contributed by atoms with Crippen LogP contribution in [0.5, 0.6) is 0 Å². The molecule has 6 heteroatoms. The second-order valence-corrected chi connectivity index (χ2v) is 0.289. The van der Waals surface area contributed by atoms with Gasteiger partial charge in [-0.25, -0.2) is 0 Å². The van der Waals surface area contributed by atoms with Crippen molar-refractivity contribution in [1.29, 1.82) is 0 Å². The normalized spacial score (nSPS) is 4.50. The zero-order valence-corrected chi connectivity index (χ0v) is 6.69. The van der Waals surface area contributed by atoms with E-state index in [0.29, 0.717) is 0 Å². The van der Waals surface area contributed by atoms with Crippen molar-refractivity contribution >= 4 is 62.9 Å². The molecule has 0 aliphatic rings. The van der Waals surface area contributed by atoms with Gasteiger partial charge in [-0.3, -0.25) is 7.32 Å². The van der Waals surface area contributed by atoms with Gasteiger partial charge in [0.25, 0.3) is 0 Å². The van der Waals surface area contributed by atoms with Crippen LogP contribution in [-0.2, 0) is 0 Å². The molecule has 0 amide bonds. The van der Waals surface area contributed by atoms with E-state index in [4.69, 9.17) is 15.1 Å². The van der Waals surface area contributed by atoms with E-state index in [2.05, 4.69) is 0 Å². The molecule has 24 valence electrons. The van der Waals surface area contributed by atoms with E-state index < -0.39 is 7.32 Å². The fraction of sp³-hybridized carbons (Fsp3) is 0. The Labute approximate surface area is 77.0 Å². The summed E-state index contributed by atoms with van der Waals surface area (Å²) in [5, 5.41) is 25.2. The molecule has 0 atom stereocenters. The first-order valence-corrected chi connectivity index (χ1v) is 0.707. The molecule has 0 radical (unpaired) electrons.